The van der Waals surface area contributed by atoms with E-state index in [1.807, 2.05) is 61.5 Å². The molecule has 124 valence electrons. The molecular formula is C18H15N5OS. The lowest BCUT2D eigenvalue weighted by Gasteiger charge is -2.00. The number of aryl methyl sites for hydroxylation is 1. The molecule has 0 saturated heterocycles. The molecule has 0 saturated carbocycles. The normalized spacial score (nSPS) is 10.9. The fourth-order valence-corrected chi connectivity index (χ4v) is 3.21. The van der Waals surface area contributed by atoms with Crippen LogP contribution in [0.5, 0.6) is 0 Å². The third kappa shape index (κ3) is 3.27. The third-order valence-electron chi connectivity index (χ3n) is 3.77. The van der Waals surface area contributed by atoms with Gasteiger partial charge in [0.05, 0.1) is 0 Å². The van der Waals surface area contributed by atoms with Crippen LogP contribution in [-0.4, -0.2) is 19.8 Å². The molecule has 0 atom stereocenters. The van der Waals surface area contributed by atoms with Gasteiger partial charge in [0.1, 0.15) is 5.69 Å². The maximum absolute atomic E-state index is 12.6. The van der Waals surface area contributed by atoms with Crippen molar-refractivity contribution in [2.75, 3.05) is 5.32 Å². The first-order valence-corrected chi connectivity index (χ1v) is 8.64. The van der Waals surface area contributed by atoms with E-state index < -0.39 is 0 Å². The van der Waals surface area contributed by atoms with Crippen LogP contribution in [0.25, 0.3) is 4.96 Å². The Labute approximate surface area is 147 Å². The highest BCUT2D eigenvalue weighted by atomic mass is 32.1. The number of para-hydroxylation sites is 1. The van der Waals surface area contributed by atoms with Crippen LogP contribution in [0.4, 0.5) is 10.8 Å². The molecule has 4 aromatic rings. The molecule has 6 nitrogen and oxygen atoms in total. The number of fused-ring (bicyclic) bond motifs is 1. The molecule has 0 aliphatic carbocycles. The zero-order valence-corrected chi connectivity index (χ0v) is 14.3. The molecule has 2 aromatic carbocycles. The van der Waals surface area contributed by atoms with Crippen LogP contribution >= 0.6 is 11.3 Å². The number of nitrogens with zero attached hydrogens (tertiary/aromatic N) is 4. The second-order valence-corrected chi connectivity index (χ2v) is 6.66. The minimum atomic E-state index is -0.233. The zero-order chi connectivity index (χ0) is 17.2. The van der Waals surface area contributed by atoms with Crippen molar-refractivity contribution in [3.05, 3.63) is 81.8 Å². The van der Waals surface area contributed by atoms with Crippen LogP contribution in [0, 0.1) is 6.92 Å². The van der Waals surface area contributed by atoms with Gasteiger partial charge in [0.15, 0.2) is 0 Å². The summed E-state index contributed by atoms with van der Waals surface area (Å²) in [5.41, 5.74) is 3.26. The molecule has 0 unspecified atom stereocenters. The summed E-state index contributed by atoms with van der Waals surface area (Å²) < 4.78 is 1.31. The number of benzene rings is 2. The topological polar surface area (TPSA) is 72.2 Å². The Kier molecular flexibility index (Phi) is 3.99. The first-order chi connectivity index (χ1) is 12.2. The summed E-state index contributed by atoms with van der Waals surface area (Å²) in [6.45, 7) is 2.03. The van der Waals surface area contributed by atoms with Gasteiger partial charge in [-0.2, -0.15) is 4.52 Å². The van der Waals surface area contributed by atoms with Crippen molar-refractivity contribution < 1.29 is 0 Å². The van der Waals surface area contributed by atoms with Gasteiger partial charge in [-0.1, -0.05) is 59.4 Å². The van der Waals surface area contributed by atoms with E-state index in [1.165, 1.54) is 21.4 Å². The molecule has 2 aromatic heterocycles. The fourth-order valence-electron chi connectivity index (χ4n) is 2.45. The van der Waals surface area contributed by atoms with Gasteiger partial charge in [-0.3, -0.25) is 4.79 Å². The highest BCUT2D eigenvalue weighted by Crippen LogP contribution is 2.20. The van der Waals surface area contributed by atoms with Crippen molar-refractivity contribution in [2.45, 2.75) is 13.3 Å². The maximum atomic E-state index is 12.6. The van der Waals surface area contributed by atoms with E-state index in [1.54, 1.807) is 0 Å². The van der Waals surface area contributed by atoms with Crippen molar-refractivity contribution in [3.8, 4) is 0 Å². The van der Waals surface area contributed by atoms with Crippen molar-refractivity contribution in [2.24, 2.45) is 0 Å². The molecule has 4 rings (SSSR count). The van der Waals surface area contributed by atoms with E-state index >= 15 is 0 Å². The van der Waals surface area contributed by atoms with Gasteiger partial charge in [0.2, 0.25) is 10.1 Å². The number of rotatable bonds is 4. The minimum Gasteiger partial charge on any atom is -0.330 e. The van der Waals surface area contributed by atoms with E-state index in [2.05, 4.69) is 20.6 Å². The summed E-state index contributed by atoms with van der Waals surface area (Å²) in [5.74, 6) is 0. The number of nitrogens with one attached hydrogen (secondary N) is 1. The van der Waals surface area contributed by atoms with Crippen LogP contribution in [0.3, 0.4) is 0 Å². The smallest absolute Gasteiger partial charge is 0.297 e. The van der Waals surface area contributed by atoms with Gasteiger partial charge in [-0.15, -0.1) is 15.3 Å². The summed E-state index contributed by atoms with van der Waals surface area (Å²) >= 11 is 1.29. The van der Waals surface area contributed by atoms with Crippen LogP contribution in [0.15, 0.2) is 59.4 Å². The lowest BCUT2D eigenvalue weighted by Crippen LogP contribution is -2.22. The Morgan fingerprint density at radius 3 is 2.56 bits per heavy atom. The van der Waals surface area contributed by atoms with Crippen LogP contribution in [-0.2, 0) is 6.42 Å². The van der Waals surface area contributed by atoms with Crippen LogP contribution in [0.2, 0.25) is 0 Å². The Hall–Kier alpha value is -3.06. The standard InChI is InChI=1S/C18H15N5OS/c1-12-7-9-13(10-8-12)11-15-16(24)23-18(21-20-15)25-17(22-23)19-14-5-3-2-4-6-14/h2-10H,11H2,1H3,(H,19,22). The molecule has 0 bridgehead atoms. The van der Waals surface area contributed by atoms with E-state index in [0.29, 0.717) is 22.2 Å². The third-order valence-corrected chi connectivity index (χ3v) is 4.59. The molecule has 7 heteroatoms. The number of hydrogen-bond acceptors (Lipinski definition) is 6. The Balaban J connectivity index is 1.65. The first-order valence-electron chi connectivity index (χ1n) is 7.82. The van der Waals surface area contributed by atoms with Gasteiger partial charge in [-0.05, 0) is 24.6 Å². The largest absolute Gasteiger partial charge is 0.330 e. The molecule has 0 fully saturated rings. The van der Waals surface area contributed by atoms with Gasteiger partial charge < -0.3 is 5.32 Å². The van der Waals surface area contributed by atoms with E-state index in [0.717, 1.165) is 11.3 Å². The predicted molar refractivity (Wildman–Crippen MR) is 98.6 cm³/mol. The number of hydrogen-bond donors (Lipinski definition) is 1. The zero-order valence-electron chi connectivity index (χ0n) is 13.5. The second-order valence-electron chi connectivity index (χ2n) is 5.71. The van der Waals surface area contributed by atoms with Crippen LogP contribution in [0.1, 0.15) is 16.8 Å². The number of aromatic nitrogens is 4. The minimum absolute atomic E-state index is 0.233. The lowest BCUT2D eigenvalue weighted by atomic mass is 10.1. The summed E-state index contributed by atoms with van der Waals surface area (Å²) in [7, 11) is 0. The molecule has 0 aliphatic heterocycles. The van der Waals surface area contributed by atoms with Crippen molar-refractivity contribution in [1.29, 1.82) is 0 Å². The average molecular weight is 349 g/mol. The molecular weight excluding hydrogens is 334 g/mol. The Bertz CT molecular complexity index is 1070. The monoisotopic (exact) mass is 349 g/mol. The Morgan fingerprint density at radius 2 is 1.80 bits per heavy atom. The van der Waals surface area contributed by atoms with Crippen molar-refractivity contribution >= 4 is 27.1 Å². The predicted octanol–water partition coefficient (Wildman–Crippen LogP) is 3.19. The van der Waals surface area contributed by atoms with Crippen LogP contribution < -0.4 is 10.9 Å². The first kappa shape index (κ1) is 15.5. The average Bonchev–Trinajstić information content (AvgIpc) is 3.04. The summed E-state index contributed by atoms with van der Waals surface area (Å²) in [4.78, 5) is 13.1. The molecule has 1 N–H and O–H groups in total. The highest BCUT2D eigenvalue weighted by molar-refractivity contribution is 7.20. The summed E-state index contributed by atoms with van der Waals surface area (Å²) in [5, 5.41) is 16.4. The molecule has 0 amide bonds. The van der Waals surface area contributed by atoms with E-state index in [-0.39, 0.29) is 5.56 Å². The SMILES string of the molecule is Cc1ccc(Cc2nnc3sc(Nc4ccccc4)nn3c2=O)cc1. The summed E-state index contributed by atoms with van der Waals surface area (Å²) in [6.07, 6.45) is 0.439. The fraction of sp³-hybridized carbons (Fsp3) is 0.111. The molecule has 0 spiro atoms. The highest BCUT2D eigenvalue weighted by Gasteiger charge is 2.12. The van der Waals surface area contributed by atoms with Crippen molar-refractivity contribution in [3.63, 3.8) is 0 Å². The molecule has 0 aliphatic rings. The lowest BCUT2D eigenvalue weighted by molar-refractivity contribution is 0.810. The van der Waals surface area contributed by atoms with Crippen molar-refractivity contribution in [1.82, 2.24) is 19.8 Å². The molecule has 2 heterocycles. The second kappa shape index (κ2) is 6.45. The maximum Gasteiger partial charge on any atom is 0.297 e. The van der Waals surface area contributed by atoms with E-state index in [9.17, 15) is 4.79 Å². The molecule has 25 heavy (non-hydrogen) atoms. The summed E-state index contributed by atoms with van der Waals surface area (Å²) in [6, 6.07) is 17.7. The molecule has 0 radical (unpaired) electrons. The Morgan fingerprint density at radius 1 is 1.04 bits per heavy atom. The van der Waals surface area contributed by atoms with Gasteiger partial charge in [0, 0.05) is 12.1 Å². The van der Waals surface area contributed by atoms with Gasteiger partial charge in [-0.25, -0.2) is 0 Å². The van der Waals surface area contributed by atoms with Gasteiger partial charge >= 0.3 is 0 Å². The number of anilines is 2. The van der Waals surface area contributed by atoms with Gasteiger partial charge in [0.25, 0.3) is 5.56 Å². The quantitative estimate of drug-likeness (QED) is 0.613. The van der Waals surface area contributed by atoms with E-state index in [4.69, 9.17) is 0 Å².